The lowest BCUT2D eigenvalue weighted by molar-refractivity contribution is 0.0216. The van der Waals surface area contributed by atoms with Crippen molar-refractivity contribution in [1.29, 1.82) is 0 Å². The molecule has 27 heavy (non-hydrogen) atoms. The summed E-state index contributed by atoms with van der Waals surface area (Å²) in [6, 6.07) is 4.67. The Morgan fingerprint density at radius 1 is 1.04 bits per heavy atom. The summed E-state index contributed by atoms with van der Waals surface area (Å²) in [5, 5.41) is 32.3. The van der Waals surface area contributed by atoms with Gasteiger partial charge in [0.25, 0.3) is 0 Å². The minimum absolute atomic E-state index is 0.0908. The molecule has 0 saturated heterocycles. The topological polar surface area (TPSA) is 104 Å². The highest BCUT2D eigenvalue weighted by Crippen LogP contribution is 2.48. The summed E-state index contributed by atoms with van der Waals surface area (Å²) in [7, 11) is 1.40. The molecule has 2 aliphatic carbocycles. The van der Waals surface area contributed by atoms with E-state index in [-0.39, 0.29) is 45.9 Å². The van der Waals surface area contributed by atoms with E-state index in [9.17, 15) is 24.9 Å². The smallest absolute Gasteiger partial charge is 0.202 e. The number of methoxy groups -OCH3 is 1. The van der Waals surface area contributed by atoms with Crippen LogP contribution in [0.5, 0.6) is 17.2 Å². The predicted molar refractivity (Wildman–Crippen MR) is 96.9 cm³/mol. The summed E-state index contributed by atoms with van der Waals surface area (Å²) in [6.45, 7) is 1.84. The van der Waals surface area contributed by atoms with E-state index < -0.39 is 17.2 Å². The average Bonchev–Trinajstić information content (AvgIpc) is 2.68. The summed E-state index contributed by atoms with van der Waals surface area (Å²) >= 11 is 0. The van der Waals surface area contributed by atoms with Crippen molar-refractivity contribution >= 4 is 11.6 Å². The molecule has 1 unspecified atom stereocenters. The Kier molecular flexibility index (Phi) is 3.78. The van der Waals surface area contributed by atoms with Crippen LogP contribution < -0.4 is 4.74 Å². The van der Waals surface area contributed by atoms with E-state index in [1.54, 1.807) is 12.1 Å². The molecule has 1 atom stereocenters. The van der Waals surface area contributed by atoms with E-state index in [0.29, 0.717) is 30.4 Å². The fourth-order valence-corrected chi connectivity index (χ4v) is 4.19. The highest BCUT2D eigenvalue weighted by Gasteiger charge is 2.42. The minimum atomic E-state index is -1.01. The summed E-state index contributed by atoms with van der Waals surface area (Å²) in [5.41, 5.74) is -0.407. The van der Waals surface area contributed by atoms with E-state index in [1.807, 2.05) is 6.92 Å². The first kappa shape index (κ1) is 17.5. The van der Waals surface area contributed by atoms with Gasteiger partial charge in [0.05, 0.1) is 29.4 Å². The standard InChI is InChI=1S/C21H20O6/c1-3-21(26)8-7-10-12(9-21)19(24)15-16(17(10)22)20(25)14-11(18(15)23)5-4-6-13(14)27-2/h4-6,22,24,26H,3,7-9H2,1-2H3. The number of aliphatic hydroxyl groups is 1. The van der Waals surface area contributed by atoms with Gasteiger partial charge in [-0.1, -0.05) is 19.1 Å². The first-order valence-electron chi connectivity index (χ1n) is 8.91. The van der Waals surface area contributed by atoms with Crippen LogP contribution in [0.3, 0.4) is 0 Å². The van der Waals surface area contributed by atoms with Crippen LogP contribution in [0.4, 0.5) is 0 Å². The van der Waals surface area contributed by atoms with Crippen molar-refractivity contribution in [1.82, 2.24) is 0 Å². The van der Waals surface area contributed by atoms with Crippen LogP contribution in [-0.2, 0) is 12.8 Å². The van der Waals surface area contributed by atoms with Gasteiger partial charge in [-0.3, -0.25) is 9.59 Å². The van der Waals surface area contributed by atoms with E-state index in [0.717, 1.165) is 0 Å². The lowest BCUT2D eigenvalue weighted by Crippen LogP contribution is -2.36. The Bertz CT molecular complexity index is 1010. The Balaban J connectivity index is 2.01. The largest absolute Gasteiger partial charge is 0.507 e. The second-order valence-electron chi connectivity index (χ2n) is 7.20. The van der Waals surface area contributed by atoms with Crippen LogP contribution in [0.15, 0.2) is 18.2 Å². The van der Waals surface area contributed by atoms with E-state index in [1.165, 1.54) is 13.2 Å². The van der Waals surface area contributed by atoms with Crippen LogP contribution in [-0.4, -0.2) is 39.6 Å². The zero-order chi connectivity index (χ0) is 19.5. The third kappa shape index (κ3) is 2.29. The number of ketones is 2. The van der Waals surface area contributed by atoms with Crippen molar-refractivity contribution in [3.05, 3.63) is 51.6 Å². The second kappa shape index (κ2) is 5.82. The summed E-state index contributed by atoms with van der Waals surface area (Å²) < 4.78 is 5.22. The number of benzene rings is 2. The Labute approximate surface area is 156 Å². The fourth-order valence-electron chi connectivity index (χ4n) is 4.19. The third-order valence-corrected chi connectivity index (χ3v) is 5.84. The highest BCUT2D eigenvalue weighted by atomic mass is 16.5. The molecule has 2 aromatic rings. The number of fused-ring (bicyclic) bond motifs is 3. The molecule has 4 rings (SSSR count). The Hall–Kier alpha value is -2.86. The number of rotatable bonds is 2. The third-order valence-electron chi connectivity index (χ3n) is 5.84. The molecule has 140 valence electrons. The maximum Gasteiger partial charge on any atom is 0.202 e. The van der Waals surface area contributed by atoms with Crippen LogP contribution in [0.2, 0.25) is 0 Å². The SMILES string of the molecule is CCC1(O)CCc2c(O)c3c(c(O)c2C1)C(=O)c1cccc(OC)c1C3=O. The van der Waals surface area contributed by atoms with Crippen LogP contribution in [0.25, 0.3) is 0 Å². The first-order chi connectivity index (χ1) is 12.8. The normalized spacial score (nSPS) is 20.7. The lowest BCUT2D eigenvalue weighted by Gasteiger charge is -2.35. The van der Waals surface area contributed by atoms with Crippen LogP contribution in [0.1, 0.15) is 62.7 Å². The van der Waals surface area contributed by atoms with Gasteiger partial charge >= 0.3 is 0 Å². The molecule has 0 heterocycles. The molecule has 6 heteroatoms. The molecule has 0 aliphatic heterocycles. The second-order valence-corrected chi connectivity index (χ2v) is 7.20. The molecule has 0 amide bonds. The number of aromatic hydroxyl groups is 2. The number of carbonyl (C=O) groups excluding carboxylic acids is 2. The van der Waals surface area contributed by atoms with Gasteiger partial charge in [0.2, 0.25) is 5.78 Å². The molecular formula is C21H20O6. The molecule has 0 fully saturated rings. The Morgan fingerprint density at radius 2 is 1.70 bits per heavy atom. The van der Waals surface area contributed by atoms with E-state index in [4.69, 9.17) is 4.74 Å². The zero-order valence-electron chi connectivity index (χ0n) is 15.1. The van der Waals surface area contributed by atoms with E-state index in [2.05, 4.69) is 0 Å². The van der Waals surface area contributed by atoms with Crippen molar-refractivity contribution in [2.75, 3.05) is 7.11 Å². The fraction of sp³-hybridized carbons (Fsp3) is 0.333. The summed E-state index contributed by atoms with van der Waals surface area (Å²) in [5.74, 6) is -1.46. The van der Waals surface area contributed by atoms with Crippen LogP contribution >= 0.6 is 0 Å². The lowest BCUT2D eigenvalue weighted by atomic mass is 9.73. The maximum atomic E-state index is 13.1. The molecular weight excluding hydrogens is 348 g/mol. The van der Waals surface area contributed by atoms with Crippen molar-refractivity contribution in [3.8, 4) is 17.2 Å². The van der Waals surface area contributed by atoms with Crippen molar-refractivity contribution in [2.45, 2.75) is 38.2 Å². The quantitative estimate of drug-likeness (QED) is 0.601. The number of phenolic OH excluding ortho intramolecular Hbond substituents is 2. The van der Waals surface area contributed by atoms with Crippen molar-refractivity contribution < 1.29 is 29.6 Å². The molecule has 6 nitrogen and oxygen atoms in total. The number of hydrogen-bond acceptors (Lipinski definition) is 6. The molecule has 2 aliphatic rings. The van der Waals surface area contributed by atoms with Gasteiger partial charge in [-0.15, -0.1) is 0 Å². The van der Waals surface area contributed by atoms with Gasteiger partial charge in [0, 0.05) is 23.1 Å². The number of carbonyl (C=O) groups is 2. The van der Waals surface area contributed by atoms with Gasteiger partial charge in [0.1, 0.15) is 17.2 Å². The molecule has 3 N–H and O–H groups in total. The molecule has 0 spiro atoms. The van der Waals surface area contributed by atoms with Gasteiger partial charge < -0.3 is 20.1 Å². The van der Waals surface area contributed by atoms with Gasteiger partial charge in [-0.25, -0.2) is 0 Å². The molecule has 0 radical (unpaired) electrons. The summed E-state index contributed by atoms with van der Waals surface area (Å²) in [6.07, 6.45) is 1.32. The van der Waals surface area contributed by atoms with Gasteiger partial charge in [-0.05, 0) is 25.3 Å². The van der Waals surface area contributed by atoms with Gasteiger partial charge in [0.15, 0.2) is 5.78 Å². The van der Waals surface area contributed by atoms with E-state index >= 15 is 0 Å². The Morgan fingerprint density at radius 3 is 2.37 bits per heavy atom. The van der Waals surface area contributed by atoms with Gasteiger partial charge in [-0.2, -0.15) is 0 Å². The summed E-state index contributed by atoms with van der Waals surface area (Å²) in [4.78, 5) is 26.2. The average molecular weight is 368 g/mol. The minimum Gasteiger partial charge on any atom is -0.507 e. The molecule has 2 aromatic carbocycles. The predicted octanol–water partition coefficient (Wildman–Crippen LogP) is 2.51. The van der Waals surface area contributed by atoms with Crippen molar-refractivity contribution in [2.24, 2.45) is 0 Å². The molecule has 0 bridgehead atoms. The van der Waals surface area contributed by atoms with Crippen molar-refractivity contribution in [3.63, 3.8) is 0 Å². The molecule has 0 aromatic heterocycles. The first-order valence-corrected chi connectivity index (χ1v) is 8.91. The monoisotopic (exact) mass is 368 g/mol. The number of ether oxygens (including phenoxy) is 1. The highest BCUT2D eigenvalue weighted by molar-refractivity contribution is 6.31. The zero-order valence-corrected chi connectivity index (χ0v) is 15.1. The number of hydrogen-bond donors (Lipinski definition) is 3. The number of phenols is 2. The maximum absolute atomic E-state index is 13.1. The van der Waals surface area contributed by atoms with Crippen LogP contribution in [0, 0.1) is 0 Å². The molecule has 0 saturated carbocycles.